The van der Waals surface area contributed by atoms with Crippen molar-refractivity contribution in [3.8, 4) is 0 Å². The molecule has 0 saturated carbocycles. The maximum atomic E-state index is 12.6. The standard InChI is InChI=1S/C17H19F2NO2S2/c1-2-15-14-8-10-23-16(14)7-9-20(15)11-12-3-5-13(6-4-12)24(21,22)17(18)19/h3-6,8,10,15,17H,2,7,9,11H2,1H3. The Labute approximate surface area is 144 Å². The van der Waals surface area contributed by atoms with Gasteiger partial charge in [-0.2, -0.15) is 8.78 Å². The van der Waals surface area contributed by atoms with Gasteiger partial charge < -0.3 is 0 Å². The molecule has 0 N–H and O–H groups in total. The van der Waals surface area contributed by atoms with Gasteiger partial charge >= 0.3 is 5.76 Å². The minimum absolute atomic E-state index is 0.327. The van der Waals surface area contributed by atoms with Crippen LogP contribution in [0, 0.1) is 0 Å². The average Bonchev–Trinajstić information content (AvgIpc) is 3.03. The second kappa shape index (κ2) is 6.90. The maximum Gasteiger partial charge on any atom is 0.341 e. The molecule has 0 saturated heterocycles. The summed E-state index contributed by atoms with van der Waals surface area (Å²) < 4.78 is 48.1. The molecule has 130 valence electrons. The molecule has 2 heterocycles. The van der Waals surface area contributed by atoms with E-state index in [1.807, 2.05) is 0 Å². The zero-order chi connectivity index (χ0) is 17.3. The summed E-state index contributed by atoms with van der Waals surface area (Å²) in [4.78, 5) is 3.48. The highest BCUT2D eigenvalue weighted by molar-refractivity contribution is 7.91. The number of fused-ring (bicyclic) bond motifs is 1. The highest BCUT2D eigenvalue weighted by Gasteiger charge is 2.28. The molecule has 1 aliphatic rings. The fourth-order valence-corrected chi connectivity index (χ4v) is 4.89. The van der Waals surface area contributed by atoms with Crippen LogP contribution in [0.5, 0.6) is 0 Å². The SMILES string of the molecule is CCC1c2ccsc2CCN1Cc1ccc(S(=O)(=O)C(F)F)cc1. The summed E-state index contributed by atoms with van der Waals surface area (Å²) in [7, 11) is -4.52. The van der Waals surface area contributed by atoms with Gasteiger partial charge in [-0.15, -0.1) is 11.3 Å². The number of benzene rings is 1. The summed E-state index contributed by atoms with van der Waals surface area (Å²) in [6.07, 6.45) is 2.02. The number of hydrogen-bond acceptors (Lipinski definition) is 4. The fourth-order valence-electron chi connectivity index (χ4n) is 3.24. The first kappa shape index (κ1) is 17.5. The summed E-state index contributed by atoms with van der Waals surface area (Å²) in [5.74, 6) is -3.38. The van der Waals surface area contributed by atoms with Gasteiger partial charge in [0.25, 0.3) is 0 Å². The summed E-state index contributed by atoms with van der Waals surface area (Å²) in [5.41, 5.74) is 2.31. The van der Waals surface area contributed by atoms with Crippen LogP contribution >= 0.6 is 11.3 Å². The lowest BCUT2D eigenvalue weighted by atomic mass is 9.97. The van der Waals surface area contributed by atoms with Crippen molar-refractivity contribution >= 4 is 21.2 Å². The lowest BCUT2D eigenvalue weighted by Crippen LogP contribution is -2.33. The van der Waals surface area contributed by atoms with E-state index in [0.717, 1.165) is 24.9 Å². The molecule has 3 rings (SSSR count). The van der Waals surface area contributed by atoms with Gasteiger partial charge in [0.2, 0.25) is 9.84 Å². The molecule has 1 aliphatic heterocycles. The van der Waals surface area contributed by atoms with E-state index in [-0.39, 0.29) is 4.90 Å². The van der Waals surface area contributed by atoms with Crippen LogP contribution < -0.4 is 0 Å². The molecule has 1 unspecified atom stereocenters. The lowest BCUT2D eigenvalue weighted by Gasteiger charge is -2.35. The molecule has 0 spiro atoms. The monoisotopic (exact) mass is 371 g/mol. The Morgan fingerprint density at radius 2 is 1.96 bits per heavy atom. The predicted molar refractivity (Wildman–Crippen MR) is 91.1 cm³/mol. The van der Waals surface area contributed by atoms with Crippen LogP contribution in [0.1, 0.15) is 35.4 Å². The summed E-state index contributed by atoms with van der Waals surface area (Å²) in [5, 5.41) is 2.13. The van der Waals surface area contributed by atoms with E-state index in [1.165, 1.54) is 22.6 Å². The first-order valence-electron chi connectivity index (χ1n) is 7.84. The first-order chi connectivity index (χ1) is 11.4. The molecule has 7 heteroatoms. The number of halogens is 2. The minimum Gasteiger partial charge on any atom is -0.292 e. The largest absolute Gasteiger partial charge is 0.341 e. The normalized spacial score (nSPS) is 18.8. The zero-order valence-corrected chi connectivity index (χ0v) is 14.9. The van der Waals surface area contributed by atoms with Gasteiger partial charge in [0.05, 0.1) is 4.90 Å². The van der Waals surface area contributed by atoms with Crippen LogP contribution in [-0.2, 0) is 22.8 Å². The highest BCUT2D eigenvalue weighted by Crippen LogP contribution is 2.36. The molecule has 0 fully saturated rings. The maximum absolute atomic E-state index is 12.6. The van der Waals surface area contributed by atoms with Gasteiger partial charge in [-0.25, -0.2) is 8.42 Å². The van der Waals surface area contributed by atoms with Crippen LogP contribution in [0.3, 0.4) is 0 Å². The Morgan fingerprint density at radius 1 is 1.25 bits per heavy atom. The molecule has 1 aromatic carbocycles. The Balaban J connectivity index is 1.77. The van der Waals surface area contributed by atoms with Gasteiger partial charge in [0, 0.05) is 24.0 Å². The highest BCUT2D eigenvalue weighted by atomic mass is 32.2. The van der Waals surface area contributed by atoms with Crippen LogP contribution in [0.25, 0.3) is 0 Å². The number of alkyl halides is 2. The van der Waals surface area contributed by atoms with Crippen LogP contribution in [-0.4, -0.2) is 25.6 Å². The van der Waals surface area contributed by atoms with Crippen LogP contribution in [0.15, 0.2) is 40.6 Å². The van der Waals surface area contributed by atoms with E-state index >= 15 is 0 Å². The summed E-state index contributed by atoms with van der Waals surface area (Å²) >= 11 is 1.80. The molecule has 0 bridgehead atoms. The Hall–Kier alpha value is -1.31. The predicted octanol–water partition coefficient (Wildman–Crippen LogP) is 4.25. The quantitative estimate of drug-likeness (QED) is 0.788. The number of thiophene rings is 1. The van der Waals surface area contributed by atoms with E-state index in [4.69, 9.17) is 0 Å². The average molecular weight is 371 g/mol. The smallest absolute Gasteiger partial charge is 0.292 e. The van der Waals surface area contributed by atoms with Crippen molar-refractivity contribution in [2.24, 2.45) is 0 Å². The van der Waals surface area contributed by atoms with Crippen LogP contribution in [0.4, 0.5) is 8.78 Å². The molecule has 3 nitrogen and oxygen atoms in total. The Morgan fingerprint density at radius 3 is 2.58 bits per heavy atom. The first-order valence-corrected chi connectivity index (χ1v) is 10.3. The number of hydrogen-bond donors (Lipinski definition) is 0. The van der Waals surface area contributed by atoms with E-state index in [1.54, 1.807) is 23.5 Å². The molecule has 0 amide bonds. The van der Waals surface area contributed by atoms with E-state index in [2.05, 4.69) is 23.3 Å². The molecule has 24 heavy (non-hydrogen) atoms. The third kappa shape index (κ3) is 3.25. The zero-order valence-electron chi connectivity index (χ0n) is 13.3. The topological polar surface area (TPSA) is 37.4 Å². The Kier molecular flexibility index (Phi) is 5.03. The molecular weight excluding hydrogens is 352 g/mol. The Bertz CT molecular complexity index is 800. The summed E-state index contributed by atoms with van der Waals surface area (Å²) in [6, 6.07) is 8.34. The third-order valence-electron chi connectivity index (χ3n) is 4.46. The fraction of sp³-hybridized carbons (Fsp3) is 0.412. The van der Waals surface area contributed by atoms with Crippen molar-refractivity contribution in [1.82, 2.24) is 4.90 Å². The molecule has 0 aliphatic carbocycles. The van der Waals surface area contributed by atoms with E-state index in [0.29, 0.717) is 12.6 Å². The minimum atomic E-state index is -4.52. The number of sulfone groups is 1. The third-order valence-corrected chi connectivity index (χ3v) is 6.86. The van der Waals surface area contributed by atoms with Gasteiger partial charge in [-0.3, -0.25) is 4.90 Å². The van der Waals surface area contributed by atoms with Crippen molar-refractivity contribution in [3.05, 3.63) is 51.7 Å². The van der Waals surface area contributed by atoms with Crippen molar-refractivity contribution in [2.75, 3.05) is 6.54 Å². The molecular formula is C17H19F2NO2S2. The molecule has 2 aromatic rings. The lowest BCUT2D eigenvalue weighted by molar-refractivity contribution is 0.173. The van der Waals surface area contributed by atoms with Gasteiger partial charge in [0.15, 0.2) is 0 Å². The summed E-state index contributed by atoms with van der Waals surface area (Å²) in [6.45, 7) is 3.79. The van der Waals surface area contributed by atoms with E-state index < -0.39 is 15.6 Å². The van der Waals surface area contributed by atoms with Gasteiger partial charge in [-0.1, -0.05) is 19.1 Å². The van der Waals surface area contributed by atoms with E-state index in [9.17, 15) is 17.2 Å². The molecule has 1 atom stereocenters. The van der Waals surface area contributed by atoms with Crippen molar-refractivity contribution in [1.29, 1.82) is 0 Å². The number of rotatable bonds is 5. The van der Waals surface area contributed by atoms with Crippen molar-refractivity contribution in [3.63, 3.8) is 0 Å². The van der Waals surface area contributed by atoms with Gasteiger partial charge in [0.1, 0.15) is 0 Å². The van der Waals surface area contributed by atoms with Crippen molar-refractivity contribution in [2.45, 2.75) is 43.0 Å². The van der Waals surface area contributed by atoms with Crippen molar-refractivity contribution < 1.29 is 17.2 Å². The second-order valence-corrected chi connectivity index (χ2v) is 8.81. The number of nitrogens with zero attached hydrogens (tertiary/aromatic N) is 1. The molecule has 1 aromatic heterocycles. The van der Waals surface area contributed by atoms with Crippen LogP contribution in [0.2, 0.25) is 0 Å². The molecule has 0 radical (unpaired) electrons. The second-order valence-electron chi connectivity index (χ2n) is 5.89. The van der Waals surface area contributed by atoms with Gasteiger partial charge in [-0.05, 0) is 47.5 Å².